The van der Waals surface area contributed by atoms with E-state index < -0.39 is 11.9 Å². The van der Waals surface area contributed by atoms with Gasteiger partial charge in [-0.25, -0.2) is 0 Å². The summed E-state index contributed by atoms with van der Waals surface area (Å²) in [6.07, 6.45) is 11.3. The van der Waals surface area contributed by atoms with Crippen molar-refractivity contribution in [2.75, 3.05) is 6.54 Å². The van der Waals surface area contributed by atoms with Crippen LogP contribution in [0, 0.1) is 17.8 Å². The van der Waals surface area contributed by atoms with Crippen LogP contribution in [0.25, 0.3) is 0 Å². The van der Waals surface area contributed by atoms with Gasteiger partial charge in [0.2, 0.25) is 5.91 Å². The van der Waals surface area contributed by atoms with Crippen LogP contribution in [0.5, 0.6) is 0 Å². The zero-order valence-electron chi connectivity index (χ0n) is 11.8. The normalized spacial score (nSPS) is 34.9. The van der Waals surface area contributed by atoms with E-state index in [1.807, 2.05) is 11.0 Å². The van der Waals surface area contributed by atoms with Crippen LogP contribution >= 0.6 is 0 Å². The second-order valence-corrected chi connectivity index (χ2v) is 6.41. The lowest BCUT2D eigenvalue weighted by Gasteiger charge is -2.45. The molecule has 110 valence electrons. The summed E-state index contributed by atoms with van der Waals surface area (Å²) in [5, 5.41) is 9.39. The van der Waals surface area contributed by atoms with Crippen molar-refractivity contribution in [1.29, 1.82) is 0 Å². The minimum absolute atomic E-state index is 0.102. The molecule has 0 spiro atoms. The minimum atomic E-state index is -0.816. The first kappa shape index (κ1) is 13.7. The Labute approximate surface area is 119 Å². The molecule has 2 aliphatic carbocycles. The number of carboxylic acid groups (broad SMARTS) is 1. The van der Waals surface area contributed by atoms with Crippen LogP contribution in [0.2, 0.25) is 0 Å². The zero-order valence-corrected chi connectivity index (χ0v) is 11.8. The predicted octanol–water partition coefficient (Wildman–Crippen LogP) is 2.44. The predicted molar refractivity (Wildman–Crippen MR) is 75.1 cm³/mol. The van der Waals surface area contributed by atoms with Gasteiger partial charge in [-0.15, -0.1) is 0 Å². The van der Waals surface area contributed by atoms with Crippen LogP contribution in [0.3, 0.4) is 0 Å². The highest BCUT2D eigenvalue weighted by molar-refractivity contribution is 5.86. The molecule has 0 bridgehead atoms. The molecule has 4 nitrogen and oxygen atoms in total. The van der Waals surface area contributed by atoms with Crippen molar-refractivity contribution in [3.63, 3.8) is 0 Å². The number of carbonyl (C=O) groups is 2. The van der Waals surface area contributed by atoms with Gasteiger partial charge in [-0.1, -0.05) is 31.4 Å². The van der Waals surface area contributed by atoms with Gasteiger partial charge in [0.15, 0.2) is 0 Å². The molecule has 1 heterocycles. The van der Waals surface area contributed by atoms with E-state index in [4.69, 9.17) is 0 Å². The third kappa shape index (κ3) is 2.36. The van der Waals surface area contributed by atoms with E-state index in [1.54, 1.807) is 0 Å². The van der Waals surface area contributed by atoms with Crippen LogP contribution in [-0.4, -0.2) is 34.5 Å². The summed E-state index contributed by atoms with van der Waals surface area (Å²) < 4.78 is 0. The molecule has 0 aromatic rings. The van der Waals surface area contributed by atoms with E-state index >= 15 is 0 Å². The molecule has 1 amide bonds. The van der Waals surface area contributed by atoms with E-state index in [0.717, 1.165) is 25.8 Å². The van der Waals surface area contributed by atoms with Gasteiger partial charge in [0, 0.05) is 12.6 Å². The number of hydrogen-bond donors (Lipinski definition) is 1. The lowest BCUT2D eigenvalue weighted by Crippen LogP contribution is -2.54. The quantitative estimate of drug-likeness (QED) is 0.789. The van der Waals surface area contributed by atoms with E-state index in [1.165, 1.54) is 19.3 Å². The maximum absolute atomic E-state index is 12.8. The topological polar surface area (TPSA) is 57.6 Å². The average molecular weight is 277 g/mol. The van der Waals surface area contributed by atoms with E-state index in [9.17, 15) is 14.7 Å². The SMILES string of the molecule is O=C(O)[C@@H]1CC=C[C@@H]2CCN(C3CCCCC3)C(=O)[C@@H]21. The van der Waals surface area contributed by atoms with Gasteiger partial charge in [-0.3, -0.25) is 9.59 Å². The molecule has 20 heavy (non-hydrogen) atoms. The fourth-order valence-electron chi connectivity index (χ4n) is 4.20. The van der Waals surface area contributed by atoms with Gasteiger partial charge in [0.05, 0.1) is 11.8 Å². The third-order valence-corrected chi connectivity index (χ3v) is 5.27. The number of fused-ring (bicyclic) bond motifs is 1. The number of carbonyl (C=O) groups excluding carboxylic acids is 1. The van der Waals surface area contributed by atoms with Crippen molar-refractivity contribution in [2.24, 2.45) is 17.8 Å². The van der Waals surface area contributed by atoms with E-state index in [0.29, 0.717) is 12.5 Å². The van der Waals surface area contributed by atoms with Crippen molar-refractivity contribution in [2.45, 2.75) is 51.0 Å². The monoisotopic (exact) mass is 277 g/mol. The maximum atomic E-state index is 12.8. The fraction of sp³-hybridized carbons (Fsp3) is 0.750. The standard InChI is InChI=1S/C16H23NO3/c18-15-14-11(5-4-8-13(14)16(19)20)9-10-17(15)12-6-2-1-3-7-12/h4-5,11-14H,1-3,6-10H2,(H,19,20)/t11-,13-,14+/m1/s1. The first-order valence-corrected chi connectivity index (χ1v) is 7.88. The van der Waals surface area contributed by atoms with E-state index in [-0.39, 0.29) is 17.7 Å². The van der Waals surface area contributed by atoms with Crippen LogP contribution < -0.4 is 0 Å². The second kappa shape index (κ2) is 5.58. The highest BCUT2D eigenvalue weighted by Crippen LogP contribution is 2.39. The number of nitrogens with zero attached hydrogens (tertiary/aromatic N) is 1. The molecule has 1 aliphatic heterocycles. The summed E-state index contributed by atoms with van der Waals surface area (Å²) >= 11 is 0. The highest BCUT2D eigenvalue weighted by atomic mass is 16.4. The molecule has 0 aromatic carbocycles. The highest BCUT2D eigenvalue weighted by Gasteiger charge is 2.46. The van der Waals surface area contributed by atoms with Gasteiger partial charge in [0.25, 0.3) is 0 Å². The van der Waals surface area contributed by atoms with Crippen molar-refractivity contribution in [3.8, 4) is 0 Å². The lowest BCUT2D eigenvalue weighted by atomic mass is 9.71. The Kier molecular flexibility index (Phi) is 3.81. The Balaban J connectivity index is 1.79. The molecule has 3 rings (SSSR count). The summed E-state index contributed by atoms with van der Waals surface area (Å²) in [5.74, 6) is -1.43. The largest absolute Gasteiger partial charge is 0.481 e. The molecule has 4 heteroatoms. The van der Waals surface area contributed by atoms with Crippen LogP contribution in [0.1, 0.15) is 44.9 Å². The molecule has 0 radical (unpaired) electrons. The third-order valence-electron chi connectivity index (χ3n) is 5.27. The molecule has 1 saturated carbocycles. The Morgan fingerprint density at radius 1 is 1.20 bits per heavy atom. The summed E-state index contributed by atoms with van der Waals surface area (Å²) in [6.45, 7) is 0.807. The number of carboxylic acids is 1. The average Bonchev–Trinajstić information content (AvgIpc) is 2.48. The molecule has 3 aliphatic rings. The van der Waals surface area contributed by atoms with Crippen LogP contribution in [0.4, 0.5) is 0 Å². The summed E-state index contributed by atoms with van der Waals surface area (Å²) in [6, 6.07) is 0.359. The minimum Gasteiger partial charge on any atom is -0.481 e. The summed E-state index contributed by atoms with van der Waals surface area (Å²) in [7, 11) is 0. The number of likely N-dealkylation sites (tertiary alicyclic amines) is 1. The zero-order chi connectivity index (χ0) is 14.1. The Hall–Kier alpha value is -1.32. The summed E-state index contributed by atoms with van der Waals surface area (Å²) in [4.78, 5) is 26.2. The molecular formula is C16H23NO3. The Bertz CT molecular complexity index is 425. The van der Waals surface area contributed by atoms with Gasteiger partial charge >= 0.3 is 5.97 Å². The van der Waals surface area contributed by atoms with Gasteiger partial charge < -0.3 is 10.0 Å². The number of allylic oxidation sites excluding steroid dienone is 2. The molecule has 0 aromatic heterocycles. The molecule has 1 N–H and O–H groups in total. The molecule has 2 fully saturated rings. The molecule has 1 saturated heterocycles. The van der Waals surface area contributed by atoms with Crippen molar-refractivity contribution < 1.29 is 14.7 Å². The van der Waals surface area contributed by atoms with Crippen molar-refractivity contribution in [1.82, 2.24) is 4.90 Å². The first-order chi connectivity index (χ1) is 9.68. The Morgan fingerprint density at radius 3 is 2.65 bits per heavy atom. The lowest BCUT2D eigenvalue weighted by molar-refractivity contribution is -0.156. The maximum Gasteiger partial charge on any atom is 0.307 e. The van der Waals surface area contributed by atoms with Gasteiger partial charge in [-0.05, 0) is 31.6 Å². The number of aliphatic carboxylic acids is 1. The van der Waals surface area contributed by atoms with E-state index in [2.05, 4.69) is 6.08 Å². The first-order valence-electron chi connectivity index (χ1n) is 7.88. The van der Waals surface area contributed by atoms with Crippen LogP contribution in [-0.2, 0) is 9.59 Å². The number of hydrogen-bond acceptors (Lipinski definition) is 2. The van der Waals surface area contributed by atoms with Crippen molar-refractivity contribution >= 4 is 11.9 Å². The fourth-order valence-corrected chi connectivity index (χ4v) is 4.20. The second-order valence-electron chi connectivity index (χ2n) is 6.41. The smallest absolute Gasteiger partial charge is 0.307 e. The molecule has 3 atom stereocenters. The Morgan fingerprint density at radius 2 is 1.95 bits per heavy atom. The number of rotatable bonds is 2. The van der Waals surface area contributed by atoms with Gasteiger partial charge in [-0.2, -0.15) is 0 Å². The molecule has 0 unspecified atom stereocenters. The van der Waals surface area contributed by atoms with Crippen molar-refractivity contribution in [3.05, 3.63) is 12.2 Å². The number of amides is 1. The number of piperidine rings is 1. The molecular weight excluding hydrogens is 254 g/mol. The summed E-state index contributed by atoms with van der Waals surface area (Å²) in [5.41, 5.74) is 0. The van der Waals surface area contributed by atoms with Gasteiger partial charge in [0.1, 0.15) is 0 Å². The van der Waals surface area contributed by atoms with Crippen LogP contribution in [0.15, 0.2) is 12.2 Å².